The first-order chi connectivity index (χ1) is 13.2. The highest BCUT2D eigenvalue weighted by Gasteiger charge is 2.35. The molecule has 2 bridgehead atoms. The van der Waals surface area contributed by atoms with Crippen LogP contribution in [0, 0.1) is 12.8 Å². The van der Waals surface area contributed by atoms with Crippen LogP contribution in [0.1, 0.15) is 46.9 Å². The summed E-state index contributed by atoms with van der Waals surface area (Å²) in [6, 6.07) is 6.60. The second kappa shape index (κ2) is 7.19. The quantitative estimate of drug-likeness (QED) is 0.810. The number of fused-ring (bicyclic) bond motifs is 4. The van der Waals surface area contributed by atoms with Crippen molar-refractivity contribution < 1.29 is 0 Å². The van der Waals surface area contributed by atoms with Crippen LogP contribution < -0.4 is 5.56 Å². The lowest BCUT2D eigenvalue weighted by atomic mass is 9.83. The van der Waals surface area contributed by atoms with Gasteiger partial charge >= 0.3 is 0 Å². The van der Waals surface area contributed by atoms with Gasteiger partial charge in [0.1, 0.15) is 0 Å². The SMILES string of the molecule is Cc1ccsc1CN1C[C@@H]2C[C@H](C1)c1ccc(CN3CCCC3)c(=O)n1C2. The molecule has 144 valence electrons. The van der Waals surface area contributed by atoms with E-state index in [1.807, 2.05) is 11.3 Å². The van der Waals surface area contributed by atoms with Gasteiger partial charge in [-0.15, -0.1) is 11.3 Å². The Balaban J connectivity index is 1.36. The molecule has 0 saturated carbocycles. The third-order valence-corrected chi connectivity index (χ3v) is 7.69. The Hall–Kier alpha value is -1.43. The second-order valence-electron chi connectivity index (χ2n) is 8.70. The highest BCUT2D eigenvalue weighted by molar-refractivity contribution is 7.10. The average Bonchev–Trinajstić information content (AvgIpc) is 3.30. The summed E-state index contributed by atoms with van der Waals surface area (Å²) < 4.78 is 2.12. The first kappa shape index (κ1) is 17.7. The zero-order valence-corrected chi connectivity index (χ0v) is 17.0. The number of rotatable bonds is 4. The van der Waals surface area contributed by atoms with Gasteiger partial charge in [0.05, 0.1) is 0 Å². The van der Waals surface area contributed by atoms with Crippen LogP contribution in [0.2, 0.25) is 0 Å². The highest BCUT2D eigenvalue weighted by atomic mass is 32.1. The molecule has 5 heterocycles. The summed E-state index contributed by atoms with van der Waals surface area (Å²) in [5.74, 6) is 1.11. The minimum absolute atomic E-state index is 0.275. The lowest BCUT2D eigenvalue weighted by Crippen LogP contribution is -2.47. The summed E-state index contributed by atoms with van der Waals surface area (Å²) >= 11 is 1.87. The molecule has 3 aliphatic rings. The zero-order chi connectivity index (χ0) is 18.4. The van der Waals surface area contributed by atoms with Crippen LogP contribution in [-0.4, -0.2) is 40.5 Å². The van der Waals surface area contributed by atoms with Crippen LogP contribution in [0.5, 0.6) is 0 Å². The Morgan fingerprint density at radius 3 is 2.67 bits per heavy atom. The van der Waals surface area contributed by atoms with E-state index in [0.717, 1.165) is 51.4 Å². The molecule has 5 rings (SSSR count). The van der Waals surface area contributed by atoms with Gasteiger partial charge in [0.25, 0.3) is 5.56 Å². The van der Waals surface area contributed by atoms with Crippen molar-refractivity contribution in [1.82, 2.24) is 14.4 Å². The van der Waals surface area contributed by atoms with Gasteiger partial charge in [-0.25, -0.2) is 0 Å². The number of pyridine rings is 1. The fourth-order valence-corrected chi connectivity index (χ4v) is 6.24. The molecule has 5 heteroatoms. The van der Waals surface area contributed by atoms with Gasteiger partial charge in [0, 0.05) is 54.8 Å². The van der Waals surface area contributed by atoms with Gasteiger partial charge in [-0.2, -0.15) is 0 Å². The normalized spacial score (nSPS) is 25.7. The second-order valence-corrected chi connectivity index (χ2v) is 9.70. The average molecular weight is 384 g/mol. The molecule has 0 unspecified atom stereocenters. The first-order valence-electron chi connectivity index (χ1n) is 10.4. The lowest BCUT2D eigenvalue weighted by Gasteiger charge is -2.43. The molecule has 2 atom stereocenters. The summed E-state index contributed by atoms with van der Waals surface area (Å²) in [5.41, 5.74) is 3.95. The number of aromatic nitrogens is 1. The summed E-state index contributed by atoms with van der Waals surface area (Å²) in [6.07, 6.45) is 3.79. The van der Waals surface area contributed by atoms with E-state index in [2.05, 4.69) is 44.9 Å². The third kappa shape index (κ3) is 3.41. The predicted molar refractivity (Wildman–Crippen MR) is 110 cm³/mol. The van der Waals surface area contributed by atoms with E-state index in [9.17, 15) is 4.79 Å². The lowest BCUT2D eigenvalue weighted by molar-refractivity contribution is 0.115. The van der Waals surface area contributed by atoms with Crippen molar-refractivity contribution in [3.8, 4) is 0 Å². The van der Waals surface area contributed by atoms with Crippen molar-refractivity contribution in [2.24, 2.45) is 5.92 Å². The number of thiophene rings is 1. The Morgan fingerprint density at radius 1 is 1.04 bits per heavy atom. The van der Waals surface area contributed by atoms with Crippen LogP contribution >= 0.6 is 11.3 Å². The number of hydrogen-bond acceptors (Lipinski definition) is 4. The number of piperidine rings is 1. The summed E-state index contributed by atoms with van der Waals surface area (Å²) in [4.78, 5) is 19.7. The van der Waals surface area contributed by atoms with E-state index in [1.54, 1.807) is 0 Å². The molecule has 2 saturated heterocycles. The van der Waals surface area contributed by atoms with Crippen LogP contribution in [-0.2, 0) is 19.6 Å². The van der Waals surface area contributed by atoms with E-state index in [1.165, 1.54) is 35.4 Å². The van der Waals surface area contributed by atoms with E-state index in [4.69, 9.17) is 0 Å². The van der Waals surface area contributed by atoms with Crippen molar-refractivity contribution in [1.29, 1.82) is 0 Å². The van der Waals surface area contributed by atoms with E-state index >= 15 is 0 Å². The smallest absolute Gasteiger partial charge is 0.255 e. The molecule has 3 aliphatic heterocycles. The van der Waals surface area contributed by atoms with Crippen LogP contribution in [0.25, 0.3) is 0 Å². The summed E-state index contributed by atoms with van der Waals surface area (Å²) in [6.45, 7) is 9.50. The predicted octanol–water partition coefficient (Wildman–Crippen LogP) is 3.43. The molecule has 2 aromatic heterocycles. The molecule has 2 aromatic rings. The van der Waals surface area contributed by atoms with Crippen LogP contribution in [0.3, 0.4) is 0 Å². The van der Waals surface area contributed by atoms with Crippen LogP contribution in [0.4, 0.5) is 0 Å². The Morgan fingerprint density at radius 2 is 1.89 bits per heavy atom. The van der Waals surface area contributed by atoms with Gasteiger partial charge in [0.2, 0.25) is 0 Å². The molecular weight excluding hydrogens is 354 g/mol. The standard InChI is InChI=1S/C22H29N3OS/c1-16-6-9-27-21(16)15-24-11-17-10-19(14-24)20-5-4-18(22(26)25(20)12-17)13-23-7-2-3-8-23/h4-6,9,17,19H,2-3,7-8,10-15H2,1H3/t17-,19+/m0/s1. The van der Waals surface area contributed by atoms with E-state index in [-0.39, 0.29) is 5.56 Å². The number of nitrogens with zero attached hydrogens (tertiary/aromatic N) is 3. The fourth-order valence-electron chi connectivity index (χ4n) is 5.29. The Labute approximate surface area is 165 Å². The maximum Gasteiger partial charge on any atom is 0.255 e. The Bertz CT molecular complexity index is 880. The van der Waals surface area contributed by atoms with Crippen molar-refractivity contribution in [3.05, 3.63) is 55.6 Å². The molecule has 0 aromatic carbocycles. The van der Waals surface area contributed by atoms with E-state index < -0.39 is 0 Å². The largest absolute Gasteiger partial charge is 0.312 e. The Kier molecular flexibility index (Phi) is 4.70. The van der Waals surface area contributed by atoms with Crippen molar-refractivity contribution in [2.45, 2.75) is 51.7 Å². The minimum atomic E-state index is 0.275. The fraction of sp³-hybridized carbons (Fsp3) is 0.591. The minimum Gasteiger partial charge on any atom is -0.312 e. The van der Waals surface area contributed by atoms with Crippen molar-refractivity contribution >= 4 is 11.3 Å². The van der Waals surface area contributed by atoms with Gasteiger partial charge in [-0.3, -0.25) is 14.6 Å². The van der Waals surface area contributed by atoms with Crippen molar-refractivity contribution in [2.75, 3.05) is 26.2 Å². The number of hydrogen-bond donors (Lipinski definition) is 0. The molecule has 27 heavy (non-hydrogen) atoms. The first-order valence-corrected chi connectivity index (χ1v) is 11.3. The molecular formula is C22H29N3OS. The number of aryl methyl sites for hydroxylation is 1. The molecule has 0 spiro atoms. The maximum atomic E-state index is 13.1. The molecule has 0 amide bonds. The molecule has 0 N–H and O–H groups in total. The number of likely N-dealkylation sites (tertiary alicyclic amines) is 2. The van der Waals surface area contributed by atoms with Crippen molar-refractivity contribution in [3.63, 3.8) is 0 Å². The zero-order valence-electron chi connectivity index (χ0n) is 16.2. The molecule has 2 fully saturated rings. The highest BCUT2D eigenvalue weighted by Crippen LogP contribution is 2.36. The topological polar surface area (TPSA) is 28.5 Å². The van der Waals surface area contributed by atoms with Gasteiger partial charge in [-0.05, 0) is 68.3 Å². The molecule has 0 aliphatic carbocycles. The summed E-state index contributed by atoms with van der Waals surface area (Å²) in [7, 11) is 0. The summed E-state index contributed by atoms with van der Waals surface area (Å²) in [5, 5.41) is 2.20. The van der Waals surface area contributed by atoms with Crippen LogP contribution in [0.15, 0.2) is 28.4 Å². The molecule has 0 radical (unpaired) electrons. The maximum absolute atomic E-state index is 13.1. The van der Waals surface area contributed by atoms with Gasteiger partial charge in [0.15, 0.2) is 0 Å². The van der Waals surface area contributed by atoms with E-state index in [0.29, 0.717) is 11.8 Å². The molecule has 4 nitrogen and oxygen atoms in total. The van der Waals surface area contributed by atoms with Gasteiger partial charge < -0.3 is 4.57 Å². The van der Waals surface area contributed by atoms with Gasteiger partial charge in [-0.1, -0.05) is 6.07 Å². The monoisotopic (exact) mass is 383 g/mol. The third-order valence-electron chi connectivity index (χ3n) is 6.69.